The molecule has 170 valence electrons. The lowest BCUT2D eigenvalue weighted by molar-refractivity contribution is -0.120. The van der Waals surface area contributed by atoms with Crippen molar-refractivity contribution in [1.29, 1.82) is 0 Å². The fraction of sp³-hybridized carbons (Fsp3) is 0.423. The molecule has 3 rings (SSSR count). The largest absolute Gasteiger partial charge is 0.332 e. The lowest BCUT2D eigenvalue weighted by Gasteiger charge is -2.21. The SMILES string of the molecule is Cc1cc(C)c(NC(=O)CN(C)C(=O)c2cccc(NC(=O)C3CCCCC3)c2)c(C)c1. The van der Waals surface area contributed by atoms with Gasteiger partial charge in [0.1, 0.15) is 0 Å². The van der Waals surface area contributed by atoms with Gasteiger partial charge in [0.25, 0.3) is 5.91 Å². The standard InChI is InChI=1S/C26H33N3O3/c1-17-13-18(2)24(19(3)14-17)28-23(30)16-29(4)26(32)21-11-8-12-22(15-21)27-25(31)20-9-6-5-7-10-20/h8,11-15,20H,5-7,9-10,16H2,1-4H3,(H,27,31)(H,28,30). The third-order valence-corrected chi connectivity index (χ3v) is 6.02. The average Bonchev–Trinajstić information content (AvgIpc) is 2.76. The van der Waals surface area contributed by atoms with E-state index < -0.39 is 0 Å². The van der Waals surface area contributed by atoms with E-state index in [0.717, 1.165) is 48.1 Å². The minimum atomic E-state index is -0.272. The predicted molar refractivity (Wildman–Crippen MR) is 128 cm³/mol. The molecule has 0 heterocycles. The van der Waals surface area contributed by atoms with Crippen molar-refractivity contribution in [3.8, 4) is 0 Å². The number of carbonyl (C=O) groups is 3. The summed E-state index contributed by atoms with van der Waals surface area (Å²) >= 11 is 0. The van der Waals surface area contributed by atoms with Gasteiger partial charge >= 0.3 is 0 Å². The fourth-order valence-corrected chi connectivity index (χ4v) is 4.40. The minimum absolute atomic E-state index is 0.0193. The maximum Gasteiger partial charge on any atom is 0.254 e. The van der Waals surface area contributed by atoms with Gasteiger partial charge in [-0.25, -0.2) is 0 Å². The van der Waals surface area contributed by atoms with Crippen LogP contribution < -0.4 is 10.6 Å². The van der Waals surface area contributed by atoms with Crippen molar-refractivity contribution < 1.29 is 14.4 Å². The van der Waals surface area contributed by atoms with E-state index >= 15 is 0 Å². The summed E-state index contributed by atoms with van der Waals surface area (Å²) in [4.78, 5) is 39.4. The highest BCUT2D eigenvalue weighted by atomic mass is 16.2. The van der Waals surface area contributed by atoms with Crippen LogP contribution in [0.25, 0.3) is 0 Å². The third kappa shape index (κ3) is 5.96. The number of carbonyl (C=O) groups excluding carboxylic acids is 3. The summed E-state index contributed by atoms with van der Waals surface area (Å²) in [7, 11) is 1.60. The van der Waals surface area contributed by atoms with Gasteiger partial charge in [0.15, 0.2) is 0 Å². The van der Waals surface area contributed by atoms with Gasteiger partial charge in [0, 0.05) is 29.9 Å². The van der Waals surface area contributed by atoms with Crippen molar-refractivity contribution in [3.05, 3.63) is 58.7 Å². The van der Waals surface area contributed by atoms with Crippen LogP contribution in [0.15, 0.2) is 36.4 Å². The highest BCUT2D eigenvalue weighted by molar-refractivity contribution is 6.01. The zero-order chi connectivity index (χ0) is 23.3. The van der Waals surface area contributed by atoms with Crippen LogP contribution in [0.5, 0.6) is 0 Å². The monoisotopic (exact) mass is 435 g/mol. The summed E-state index contributed by atoms with van der Waals surface area (Å²) in [5.41, 5.74) is 4.95. The second-order valence-electron chi connectivity index (χ2n) is 8.89. The van der Waals surface area contributed by atoms with Crippen LogP contribution >= 0.6 is 0 Å². The lowest BCUT2D eigenvalue weighted by atomic mass is 9.88. The van der Waals surface area contributed by atoms with Gasteiger partial charge in [0.2, 0.25) is 11.8 Å². The first-order chi connectivity index (χ1) is 15.2. The molecule has 0 atom stereocenters. The molecule has 0 unspecified atom stereocenters. The summed E-state index contributed by atoms with van der Waals surface area (Å²) in [6, 6.07) is 10.9. The minimum Gasteiger partial charge on any atom is -0.332 e. The molecular weight excluding hydrogens is 402 g/mol. The summed E-state index contributed by atoms with van der Waals surface area (Å²) in [5, 5.41) is 5.87. The Kier molecular flexibility index (Phi) is 7.67. The maximum absolute atomic E-state index is 12.9. The Labute approximate surface area is 190 Å². The Morgan fingerprint density at radius 2 is 1.59 bits per heavy atom. The van der Waals surface area contributed by atoms with Crippen LogP contribution in [-0.4, -0.2) is 36.2 Å². The van der Waals surface area contributed by atoms with E-state index in [9.17, 15) is 14.4 Å². The molecule has 2 N–H and O–H groups in total. The number of hydrogen-bond donors (Lipinski definition) is 2. The van der Waals surface area contributed by atoms with Crippen molar-refractivity contribution in [2.75, 3.05) is 24.2 Å². The summed E-state index contributed by atoms with van der Waals surface area (Å²) in [6.07, 6.45) is 5.21. The van der Waals surface area contributed by atoms with E-state index in [1.807, 2.05) is 32.9 Å². The number of amides is 3. The number of nitrogens with zero attached hydrogens (tertiary/aromatic N) is 1. The van der Waals surface area contributed by atoms with Gasteiger partial charge < -0.3 is 15.5 Å². The van der Waals surface area contributed by atoms with Gasteiger partial charge in [-0.05, 0) is 62.9 Å². The maximum atomic E-state index is 12.9. The third-order valence-electron chi connectivity index (χ3n) is 6.02. The predicted octanol–water partition coefficient (Wildman–Crippen LogP) is 4.84. The Hall–Kier alpha value is -3.15. The summed E-state index contributed by atoms with van der Waals surface area (Å²) in [5.74, 6) is -0.460. The topological polar surface area (TPSA) is 78.5 Å². The van der Waals surface area contributed by atoms with E-state index in [1.54, 1.807) is 31.3 Å². The Balaban J connectivity index is 1.61. The molecule has 1 saturated carbocycles. The van der Waals surface area contributed by atoms with Gasteiger partial charge in [-0.15, -0.1) is 0 Å². The Bertz CT molecular complexity index is 986. The first kappa shape index (κ1) is 23.5. The molecule has 0 radical (unpaired) electrons. The van der Waals surface area contributed by atoms with Gasteiger partial charge in [-0.2, -0.15) is 0 Å². The molecule has 0 aliphatic heterocycles. The quantitative estimate of drug-likeness (QED) is 0.681. The van der Waals surface area contributed by atoms with E-state index in [1.165, 1.54) is 11.3 Å². The first-order valence-corrected chi connectivity index (χ1v) is 11.3. The molecule has 0 saturated heterocycles. The van der Waals surface area contributed by atoms with Gasteiger partial charge in [-0.3, -0.25) is 14.4 Å². The Morgan fingerprint density at radius 1 is 0.938 bits per heavy atom. The van der Waals surface area contributed by atoms with E-state index in [4.69, 9.17) is 0 Å². The number of nitrogens with one attached hydrogen (secondary N) is 2. The number of likely N-dealkylation sites (N-methyl/N-ethyl adjacent to an activating group) is 1. The van der Waals surface area contributed by atoms with E-state index in [-0.39, 0.29) is 30.2 Å². The molecule has 6 nitrogen and oxygen atoms in total. The second-order valence-corrected chi connectivity index (χ2v) is 8.89. The number of benzene rings is 2. The zero-order valence-electron chi connectivity index (χ0n) is 19.5. The first-order valence-electron chi connectivity index (χ1n) is 11.3. The summed E-state index contributed by atoms with van der Waals surface area (Å²) < 4.78 is 0. The zero-order valence-corrected chi connectivity index (χ0v) is 19.5. The van der Waals surface area contributed by atoms with Crippen molar-refractivity contribution >= 4 is 29.1 Å². The lowest BCUT2D eigenvalue weighted by Crippen LogP contribution is -2.35. The molecule has 0 spiro atoms. The molecule has 2 aromatic carbocycles. The van der Waals surface area contributed by atoms with Crippen molar-refractivity contribution in [2.45, 2.75) is 52.9 Å². The number of aryl methyl sites for hydroxylation is 3. The van der Waals surface area contributed by atoms with Crippen LogP contribution in [0.2, 0.25) is 0 Å². The van der Waals surface area contributed by atoms with E-state index in [2.05, 4.69) is 10.6 Å². The molecule has 1 fully saturated rings. The normalized spacial score (nSPS) is 14.0. The molecule has 3 amide bonds. The highest BCUT2D eigenvalue weighted by Crippen LogP contribution is 2.25. The van der Waals surface area contributed by atoms with Crippen LogP contribution in [-0.2, 0) is 9.59 Å². The van der Waals surface area contributed by atoms with Crippen molar-refractivity contribution in [3.63, 3.8) is 0 Å². The number of anilines is 2. The van der Waals surface area contributed by atoms with Crippen molar-refractivity contribution in [2.24, 2.45) is 5.92 Å². The Morgan fingerprint density at radius 3 is 2.25 bits per heavy atom. The molecule has 1 aliphatic rings. The van der Waals surface area contributed by atoms with Gasteiger partial charge in [-0.1, -0.05) is 43.0 Å². The van der Waals surface area contributed by atoms with Crippen LogP contribution in [0.1, 0.15) is 59.2 Å². The highest BCUT2D eigenvalue weighted by Gasteiger charge is 2.22. The van der Waals surface area contributed by atoms with Crippen LogP contribution in [0.4, 0.5) is 11.4 Å². The van der Waals surface area contributed by atoms with Gasteiger partial charge in [0.05, 0.1) is 6.54 Å². The molecule has 6 heteroatoms. The van der Waals surface area contributed by atoms with E-state index in [0.29, 0.717) is 11.3 Å². The molecule has 0 bridgehead atoms. The van der Waals surface area contributed by atoms with Crippen LogP contribution in [0, 0.1) is 26.7 Å². The molecule has 1 aliphatic carbocycles. The van der Waals surface area contributed by atoms with Crippen molar-refractivity contribution in [1.82, 2.24) is 4.90 Å². The fourth-order valence-electron chi connectivity index (χ4n) is 4.40. The smallest absolute Gasteiger partial charge is 0.254 e. The molecular formula is C26H33N3O3. The number of hydrogen-bond acceptors (Lipinski definition) is 3. The molecule has 0 aromatic heterocycles. The molecule has 2 aromatic rings. The van der Waals surface area contributed by atoms with Crippen LogP contribution in [0.3, 0.4) is 0 Å². The molecule has 32 heavy (non-hydrogen) atoms. The average molecular weight is 436 g/mol. The number of rotatable bonds is 6. The summed E-state index contributed by atoms with van der Waals surface area (Å²) in [6.45, 7) is 5.86. The second kappa shape index (κ2) is 10.4.